The Balaban J connectivity index is 2.42. The molecule has 0 aromatic carbocycles. The zero-order valence-corrected chi connectivity index (χ0v) is 10.3. The van der Waals surface area contributed by atoms with Gasteiger partial charge in [-0.2, -0.15) is 0 Å². The molecule has 4 heteroatoms. The van der Waals surface area contributed by atoms with Crippen molar-refractivity contribution in [3.05, 3.63) is 22.4 Å². The number of amides is 1. The molecule has 0 fully saturated rings. The van der Waals surface area contributed by atoms with Crippen LogP contribution in [0.5, 0.6) is 0 Å². The highest BCUT2D eigenvalue weighted by atomic mass is 32.1. The first-order chi connectivity index (χ1) is 7.65. The van der Waals surface area contributed by atoms with Gasteiger partial charge in [0.2, 0.25) is 5.91 Å². The molecule has 2 atom stereocenters. The van der Waals surface area contributed by atoms with Crippen LogP contribution in [0.15, 0.2) is 17.5 Å². The van der Waals surface area contributed by atoms with E-state index in [1.165, 1.54) is 4.88 Å². The molecule has 0 saturated carbocycles. The van der Waals surface area contributed by atoms with E-state index in [1.54, 1.807) is 11.3 Å². The molecule has 0 spiro atoms. The fourth-order valence-electron chi connectivity index (χ4n) is 1.36. The van der Waals surface area contributed by atoms with Crippen molar-refractivity contribution in [3.63, 3.8) is 0 Å². The molecule has 1 aromatic heterocycles. The maximum absolute atomic E-state index is 11.5. The number of hydrogen-bond donors (Lipinski definition) is 2. The van der Waals surface area contributed by atoms with Crippen LogP contribution >= 0.6 is 11.3 Å². The molecule has 1 rings (SSSR count). The second-order valence-electron chi connectivity index (χ2n) is 3.55. The van der Waals surface area contributed by atoms with Gasteiger partial charge in [0.05, 0.1) is 12.6 Å². The summed E-state index contributed by atoms with van der Waals surface area (Å²) in [5.74, 6) is 2.31. The molecule has 1 amide bonds. The largest absolute Gasteiger partial charge is 0.344 e. The van der Waals surface area contributed by atoms with Gasteiger partial charge in [-0.3, -0.25) is 10.1 Å². The summed E-state index contributed by atoms with van der Waals surface area (Å²) in [4.78, 5) is 12.8. The van der Waals surface area contributed by atoms with Crippen molar-refractivity contribution in [2.75, 3.05) is 6.54 Å². The molecule has 0 aliphatic carbocycles. The average Bonchev–Trinajstić information content (AvgIpc) is 2.79. The van der Waals surface area contributed by atoms with Crippen molar-refractivity contribution in [1.29, 1.82) is 0 Å². The van der Waals surface area contributed by atoms with E-state index in [2.05, 4.69) is 16.6 Å². The molecule has 1 unspecified atom stereocenters. The lowest BCUT2D eigenvalue weighted by Crippen LogP contribution is -2.43. The fourth-order valence-corrected chi connectivity index (χ4v) is 2.11. The quantitative estimate of drug-likeness (QED) is 0.761. The molecule has 1 heterocycles. The molecule has 0 saturated heterocycles. The molecular weight excluding hydrogens is 220 g/mol. The van der Waals surface area contributed by atoms with E-state index in [4.69, 9.17) is 6.42 Å². The van der Waals surface area contributed by atoms with E-state index in [0.29, 0.717) is 0 Å². The highest BCUT2D eigenvalue weighted by Gasteiger charge is 2.15. The van der Waals surface area contributed by atoms with Crippen LogP contribution in [0, 0.1) is 12.3 Å². The Bertz CT molecular complexity index is 367. The summed E-state index contributed by atoms with van der Waals surface area (Å²) in [5, 5.41) is 7.89. The number of rotatable bonds is 5. The predicted molar refractivity (Wildman–Crippen MR) is 67.2 cm³/mol. The number of terminal acetylenes is 1. The topological polar surface area (TPSA) is 41.1 Å². The van der Waals surface area contributed by atoms with Crippen LogP contribution in [0.2, 0.25) is 0 Å². The van der Waals surface area contributed by atoms with Gasteiger partial charge < -0.3 is 5.32 Å². The van der Waals surface area contributed by atoms with Gasteiger partial charge in [0.1, 0.15) is 0 Å². The van der Waals surface area contributed by atoms with E-state index < -0.39 is 0 Å². The summed E-state index contributed by atoms with van der Waals surface area (Å²) >= 11 is 1.68. The number of carbonyl (C=O) groups is 1. The van der Waals surface area contributed by atoms with Crippen LogP contribution in [0.4, 0.5) is 0 Å². The normalized spacial score (nSPS) is 13.8. The first-order valence-corrected chi connectivity index (χ1v) is 6.03. The van der Waals surface area contributed by atoms with Crippen LogP contribution in [-0.2, 0) is 4.79 Å². The maximum Gasteiger partial charge on any atom is 0.237 e. The van der Waals surface area contributed by atoms with Gasteiger partial charge in [-0.1, -0.05) is 12.0 Å². The molecule has 0 aliphatic rings. The van der Waals surface area contributed by atoms with Crippen molar-refractivity contribution in [1.82, 2.24) is 10.6 Å². The Kier molecular flexibility index (Phi) is 5.03. The van der Waals surface area contributed by atoms with Gasteiger partial charge in [-0.05, 0) is 25.3 Å². The average molecular weight is 236 g/mol. The predicted octanol–water partition coefficient (Wildman–Crippen LogP) is 1.54. The van der Waals surface area contributed by atoms with E-state index in [0.717, 1.165) is 0 Å². The van der Waals surface area contributed by atoms with Gasteiger partial charge in [0.15, 0.2) is 0 Å². The van der Waals surface area contributed by atoms with Crippen LogP contribution < -0.4 is 10.6 Å². The van der Waals surface area contributed by atoms with Gasteiger partial charge in [-0.25, -0.2) is 0 Å². The minimum atomic E-state index is -0.245. The minimum Gasteiger partial charge on any atom is -0.344 e. The maximum atomic E-state index is 11.5. The van der Waals surface area contributed by atoms with Crippen LogP contribution in [0.3, 0.4) is 0 Å². The van der Waals surface area contributed by atoms with Gasteiger partial charge >= 0.3 is 0 Å². The standard InChI is InChI=1S/C12H16N2OS/c1-4-7-13-12(15)10(3)14-9(2)11-6-5-8-16-11/h1,5-6,8-10,14H,7H2,2-3H3,(H,13,15)/t9-,10?/m0/s1. The molecule has 1 aromatic rings. The molecule has 0 bridgehead atoms. The Hall–Kier alpha value is -1.31. The van der Waals surface area contributed by atoms with Gasteiger partial charge in [0.25, 0.3) is 0 Å². The third-order valence-corrected chi connectivity index (χ3v) is 3.28. The zero-order chi connectivity index (χ0) is 12.0. The van der Waals surface area contributed by atoms with E-state index in [-0.39, 0.29) is 24.5 Å². The fraction of sp³-hybridized carbons (Fsp3) is 0.417. The Morgan fingerprint density at radius 1 is 1.62 bits per heavy atom. The second kappa shape index (κ2) is 6.31. The summed E-state index contributed by atoms with van der Waals surface area (Å²) in [6.07, 6.45) is 5.07. The van der Waals surface area contributed by atoms with E-state index in [1.807, 2.05) is 31.4 Å². The first kappa shape index (κ1) is 12.8. The molecule has 16 heavy (non-hydrogen) atoms. The van der Waals surface area contributed by atoms with Crippen molar-refractivity contribution >= 4 is 17.2 Å². The molecule has 2 N–H and O–H groups in total. The summed E-state index contributed by atoms with van der Waals surface area (Å²) in [6, 6.07) is 3.98. The molecule has 0 aliphatic heterocycles. The van der Waals surface area contributed by atoms with Crippen LogP contribution in [0.25, 0.3) is 0 Å². The number of hydrogen-bond acceptors (Lipinski definition) is 3. The van der Waals surface area contributed by atoms with E-state index in [9.17, 15) is 4.79 Å². The summed E-state index contributed by atoms with van der Waals surface area (Å²) < 4.78 is 0. The van der Waals surface area contributed by atoms with Crippen molar-refractivity contribution in [2.45, 2.75) is 25.9 Å². The lowest BCUT2D eigenvalue weighted by atomic mass is 10.2. The van der Waals surface area contributed by atoms with Gasteiger partial charge in [-0.15, -0.1) is 17.8 Å². The monoisotopic (exact) mass is 236 g/mol. The van der Waals surface area contributed by atoms with Crippen LogP contribution in [0.1, 0.15) is 24.8 Å². The molecule has 0 radical (unpaired) electrons. The summed E-state index contributed by atoms with van der Waals surface area (Å²) in [6.45, 7) is 4.14. The number of thiophene rings is 1. The Morgan fingerprint density at radius 3 is 2.94 bits per heavy atom. The van der Waals surface area contributed by atoms with Crippen molar-refractivity contribution < 1.29 is 4.79 Å². The second-order valence-corrected chi connectivity index (χ2v) is 4.53. The highest BCUT2D eigenvalue weighted by Crippen LogP contribution is 2.18. The number of nitrogens with one attached hydrogen (secondary N) is 2. The highest BCUT2D eigenvalue weighted by molar-refractivity contribution is 7.10. The zero-order valence-electron chi connectivity index (χ0n) is 9.49. The SMILES string of the molecule is C#CCNC(=O)C(C)N[C@@H](C)c1cccs1. The van der Waals surface area contributed by atoms with Crippen molar-refractivity contribution in [2.24, 2.45) is 0 Å². The molecular formula is C12H16N2OS. The van der Waals surface area contributed by atoms with Crippen LogP contribution in [-0.4, -0.2) is 18.5 Å². The molecule has 3 nitrogen and oxygen atoms in total. The summed E-state index contributed by atoms with van der Waals surface area (Å²) in [5.41, 5.74) is 0. The number of carbonyl (C=O) groups excluding carboxylic acids is 1. The Morgan fingerprint density at radius 2 is 2.38 bits per heavy atom. The smallest absolute Gasteiger partial charge is 0.237 e. The van der Waals surface area contributed by atoms with Gasteiger partial charge in [0, 0.05) is 10.9 Å². The Labute approximate surface area is 100 Å². The lowest BCUT2D eigenvalue weighted by Gasteiger charge is -2.18. The van der Waals surface area contributed by atoms with Crippen molar-refractivity contribution in [3.8, 4) is 12.3 Å². The van der Waals surface area contributed by atoms with E-state index >= 15 is 0 Å². The third-order valence-electron chi connectivity index (χ3n) is 2.23. The minimum absolute atomic E-state index is 0.0682. The summed E-state index contributed by atoms with van der Waals surface area (Å²) in [7, 11) is 0. The third kappa shape index (κ3) is 3.69. The molecule has 86 valence electrons. The first-order valence-electron chi connectivity index (χ1n) is 5.15. The lowest BCUT2D eigenvalue weighted by molar-refractivity contribution is -0.122.